The highest BCUT2D eigenvalue weighted by atomic mass is 19.1. The summed E-state index contributed by atoms with van der Waals surface area (Å²) in [7, 11) is 0. The van der Waals surface area contributed by atoms with E-state index in [0.717, 1.165) is 62.5 Å². The van der Waals surface area contributed by atoms with E-state index in [1.807, 2.05) is 18.4 Å². The maximum Gasteiger partial charge on any atom is 0.276 e. The summed E-state index contributed by atoms with van der Waals surface area (Å²) in [5.41, 5.74) is 1.84. The van der Waals surface area contributed by atoms with Crippen molar-refractivity contribution >= 4 is 16.7 Å². The number of carbonyl (C=O) groups excluding carboxylic acids is 1. The number of hydrogen-bond acceptors (Lipinski definition) is 5. The van der Waals surface area contributed by atoms with Gasteiger partial charge in [0.05, 0.1) is 18.1 Å². The highest BCUT2D eigenvalue weighted by molar-refractivity contribution is 5.87. The minimum Gasteiger partial charge on any atom is -0.354 e. The zero-order valence-electron chi connectivity index (χ0n) is 20.9. The number of aromatic nitrogens is 3. The Bertz CT molecular complexity index is 1240. The Kier molecular flexibility index (Phi) is 7.97. The molecule has 1 saturated heterocycles. The second-order valence-electron chi connectivity index (χ2n) is 9.22. The van der Waals surface area contributed by atoms with Crippen molar-refractivity contribution in [3.05, 3.63) is 63.6 Å². The minimum atomic E-state index is -0.306. The molecule has 1 fully saturated rings. The van der Waals surface area contributed by atoms with Crippen LogP contribution in [0.4, 0.5) is 4.39 Å². The van der Waals surface area contributed by atoms with Crippen LogP contribution in [0.2, 0.25) is 0 Å². The number of benzene rings is 1. The van der Waals surface area contributed by atoms with Crippen LogP contribution in [0.1, 0.15) is 30.3 Å². The molecule has 0 saturated carbocycles. The van der Waals surface area contributed by atoms with Gasteiger partial charge in [0.2, 0.25) is 5.91 Å². The van der Waals surface area contributed by atoms with Crippen LogP contribution in [0.3, 0.4) is 0 Å². The van der Waals surface area contributed by atoms with Gasteiger partial charge in [-0.3, -0.25) is 9.59 Å². The second-order valence-corrected chi connectivity index (χ2v) is 9.22. The summed E-state index contributed by atoms with van der Waals surface area (Å²) in [6.45, 7) is 13.1. The number of fused-ring (bicyclic) bond motifs is 1. The summed E-state index contributed by atoms with van der Waals surface area (Å²) in [5, 5.41) is 8.41. The highest BCUT2D eigenvalue weighted by Gasteiger charge is 2.18. The molecule has 1 aliphatic rings. The molecule has 35 heavy (non-hydrogen) atoms. The van der Waals surface area contributed by atoms with Gasteiger partial charge in [-0.25, -0.2) is 9.07 Å². The van der Waals surface area contributed by atoms with Crippen molar-refractivity contribution in [3.8, 4) is 0 Å². The largest absolute Gasteiger partial charge is 0.354 e. The van der Waals surface area contributed by atoms with Crippen LogP contribution < -0.4 is 10.9 Å². The van der Waals surface area contributed by atoms with Gasteiger partial charge in [-0.15, -0.1) is 0 Å². The standard InChI is InChI=1S/C26H35FN6O2/c1-4-30-12-14-31(15-13-30)11-7-10-28-24(34)18-33-26(35)25-20(3)32(19(2)22(25)16-29-33)17-21-8-5-6-9-23(21)27/h5-6,8-9,16H,4,7,10-15,17-18H2,1-3H3,(H,28,34). The van der Waals surface area contributed by atoms with Crippen LogP contribution in [0.5, 0.6) is 0 Å². The van der Waals surface area contributed by atoms with Gasteiger partial charge in [-0.2, -0.15) is 5.10 Å². The van der Waals surface area contributed by atoms with E-state index < -0.39 is 0 Å². The molecule has 0 spiro atoms. The summed E-state index contributed by atoms with van der Waals surface area (Å²) in [6.07, 6.45) is 2.50. The second kappa shape index (κ2) is 11.1. The Hall–Kier alpha value is -3.04. The number of nitrogens with one attached hydrogen (secondary N) is 1. The Labute approximate surface area is 205 Å². The van der Waals surface area contributed by atoms with Crippen LogP contribution >= 0.6 is 0 Å². The van der Waals surface area contributed by atoms with Crippen LogP contribution in [-0.4, -0.2) is 75.9 Å². The van der Waals surface area contributed by atoms with Gasteiger partial charge in [0.25, 0.3) is 5.56 Å². The number of halogens is 1. The molecule has 0 radical (unpaired) electrons. The number of rotatable bonds is 9. The quantitative estimate of drug-likeness (QED) is 0.473. The SMILES string of the molecule is CCN1CCN(CCCNC(=O)Cn2ncc3c(C)n(Cc4ccccc4F)c(C)c3c2=O)CC1. The van der Waals surface area contributed by atoms with E-state index in [-0.39, 0.29) is 23.8 Å². The third kappa shape index (κ3) is 5.62. The Balaban J connectivity index is 1.38. The van der Waals surface area contributed by atoms with E-state index in [9.17, 15) is 14.0 Å². The fourth-order valence-electron chi connectivity index (χ4n) is 4.84. The molecule has 3 aromatic rings. The normalized spacial score (nSPS) is 15.1. The number of carbonyl (C=O) groups is 1. The van der Waals surface area contributed by atoms with Gasteiger partial charge in [-0.05, 0) is 39.4 Å². The Morgan fingerprint density at radius 3 is 2.51 bits per heavy atom. The van der Waals surface area contributed by atoms with E-state index >= 15 is 0 Å². The van der Waals surface area contributed by atoms with Crippen molar-refractivity contribution in [2.45, 2.75) is 40.3 Å². The van der Waals surface area contributed by atoms with E-state index in [2.05, 4.69) is 27.1 Å². The van der Waals surface area contributed by atoms with Crippen molar-refractivity contribution in [1.82, 2.24) is 29.5 Å². The smallest absolute Gasteiger partial charge is 0.276 e. The number of piperazine rings is 1. The van der Waals surface area contributed by atoms with Gasteiger partial charge < -0.3 is 19.7 Å². The molecule has 1 aliphatic heterocycles. The minimum absolute atomic E-state index is 0.124. The number of amides is 1. The lowest BCUT2D eigenvalue weighted by Crippen LogP contribution is -2.46. The zero-order valence-corrected chi connectivity index (χ0v) is 20.9. The molecule has 0 bridgehead atoms. The third-order valence-corrected chi connectivity index (χ3v) is 7.07. The lowest BCUT2D eigenvalue weighted by atomic mass is 10.2. The fraction of sp³-hybridized carbons (Fsp3) is 0.500. The van der Waals surface area contributed by atoms with Crippen LogP contribution in [0, 0.1) is 19.7 Å². The van der Waals surface area contributed by atoms with Gasteiger partial charge in [-0.1, -0.05) is 25.1 Å². The Morgan fingerprint density at radius 1 is 1.09 bits per heavy atom. The first-order valence-electron chi connectivity index (χ1n) is 12.4. The number of likely N-dealkylation sites (N-methyl/N-ethyl adjacent to an activating group) is 1. The first-order chi connectivity index (χ1) is 16.9. The molecule has 1 amide bonds. The van der Waals surface area contributed by atoms with Gasteiger partial charge in [0.15, 0.2) is 0 Å². The average molecular weight is 483 g/mol. The summed E-state index contributed by atoms with van der Waals surface area (Å²) < 4.78 is 17.3. The maximum absolute atomic E-state index is 14.2. The van der Waals surface area contributed by atoms with E-state index in [0.29, 0.717) is 24.0 Å². The molecule has 3 heterocycles. The van der Waals surface area contributed by atoms with Crippen LogP contribution in [-0.2, 0) is 17.9 Å². The molecule has 4 rings (SSSR count). The molecule has 0 atom stereocenters. The van der Waals surface area contributed by atoms with E-state index in [1.165, 1.54) is 10.7 Å². The van der Waals surface area contributed by atoms with Crippen molar-refractivity contribution in [2.75, 3.05) is 45.8 Å². The topological polar surface area (TPSA) is 75.4 Å². The number of nitrogens with zero attached hydrogens (tertiary/aromatic N) is 5. The summed E-state index contributed by atoms with van der Waals surface area (Å²) in [6, 6.07) is 6.63. The molecular weight excluding hydrogens is 447 g/mol. The summed E-state index contributed by atoms with van der Waals surface area (Å²) in [4.78, 5) is 30.5. The maximum atomic E-state index is 14.2. The summed E-state index contributed by atoms with van der Waals surface area (Å²) >= 11 is 0. The van der Waals surface area contributed by atoms with Crippen LogP contribution in [0.15, 0.2) is 35.3 Å². The van der Waals surface area contributed by atoms with E-state index in [1.54, 1.807) is 24.4 Å². The predicted octanol–water partition coefficient (Wildman–Crippen LogP) is 2.15. The first-order valence-corrected chi connectivity index (χ1v) is 12.4. The molecule has 1 aromatic carbocycles. The van der Waals surface area contributed by atoms with Gasteiger partial charge in [0.1, 0.15) is 12.4 Å². The molecule has 2 aromatic heterocycles. The lowest BCUT2D eigenvalue weighted by molar-refractivity contribution is -0.121. The monoisotopic (exact) mass is 482 g/mol. The predicted molar refractivity (Wildman–Crippen MR) is 135 cm³/mol. The third-order valence-electron chi connectivity index (χ3n) is 7.07. The average Bonchev–Trinajstić information content (AvgIpc) is 3.10. The van der Waals surface area contributed by atoms with Gasteiger partial charge in [0, 0.05) is 55.1 Å². The van der Waals surface area contributed by atoms with Crippen molar-refractivity contribution in [3.63, 3.8) is 0 Å². The first kappa shape index (κ1) is 25.1. The molecule has 0 unspecified atom stereocenters. The molecule has 8 nitrogen and oxygen atoms in total. The molecule has 0 aliphatic carbocycles. The zero-order chi connectivity index (χ0) is 24.9. The number of aryl methyl sites for hydroxylation is 2. The Morgan fingerprint density at radius 2 is 1.80 bits per heavy atom. The lowest BCUT2D eigenvalue weighted by Gasteiger charge is -2.33. The number of hydrogen-bond donors (Lipinski definition) is 1. The summed E-state index contributed by atoms with van der Waals surface area (Å²) in [5.74, 6) is -0.505. The molecule has 188 valence electrons. The molecule has 1 N–H and O–H groups in total. The van der Waals surface area contributed by atoms with Crippen molar-refractivity contribution in [2.24, 2.45) is 0 Å². The fourth-order valence-corrected chi connectivity index (χ4v) is 4.84. The van der Waals surface area contributed by atoms with Gasteiger partial charge >= 0.3 is 0 Å². The van der Waals surface area contributed by atoms with E-state index in [4.69, 9.17) is 0 Å². The van der Waals surface area contributed by atoms with Crippen molar-refractivity contribution < 1.29 is 9.18 Å². The highest BCUT2D eigenvalue weighted by Crippen LogP contribution is 2.23. The van der Waals surface area contributed by atoms with Crippen LogP contribution in [0.25, 0.3) is 10.8 Å². The van der Waals surface area contributed by atoms with Crippen molar-refractivity contribution in [1.29, 1.82) is 0 Å². The molecular formula is C26H35FN6O2. The molecule has 9 heteroatoms.